The highest BCUT2D eigenvalue weighted by Gasteiger charge is 2.16. The summed E-state index contributed by atoms with van der Waals surface area (Å²) in [4.78, 5) is 51.4. The molecule has 0 unspecified atom stereocenters. The fourth-order valence-electron chi connectivity index (χ4n) is 4.86. The summed E-state index contributed by atoms with van der Waals surface area (Å²) < 4.78 is 3.99. The molecule has 15 nitrogen and oxygen atoms in total. The summed E-state index contributed by atoms with van der Waals surface area (Å²) in [5, 5.41) is 32.3. The van der Waals surface area contributed by atoms with Crippen molar-refractivity contribution in [3.8, 4) is 0 Å². The second kappa shape index (κ2) is 16.3. The Kier molecular flexibility index (Phi) is 11.7. The van der Waals surface area contributed by atoms with E-state index in [-0.39, 0.29) is 22.5 Å². The van der Waals surface area contributed by atoms with E-state index in [0.717, 1.165) is 47.5 Å². The zero-order valence-electron chi connectivity index (χ0n) is 26.7. The van der Waals surface area contributed by atoms with Gasteiger partial charge in [-0.2, -0.15) is 0 Å². The van der Waals surface area contributed by atoms with E-state index in [4.69, 9.17) is 10.8 Å². The minimum absolute atomic E-state index is 0.0794. The van der Waals surface area contributed by atoms with E-state index in [1.807, 2.05) is 60.0 Å². The molecule has 2 heterocycles. The number of carboxylic acids is 1. The molecule has 0 saturated heterocycles. The average molecular weight is 667 g/mol. The van der Waals surface area contributed by atoms with E-state index in [0.29, 0.717) is 18.4 Å². The van der Waals surface area contributed by atoms with Crippen LogP contribution in [0.5, 0.6) is 0 Å². The third-order valence-electron chi connectivity index (χ3n) is 7.08. The fraction of sp³-hybridized carbons (Fsp3) is 0.176. The van der Waals surface area contributed by atoms with Crippen LogP contribution in [0.3, 0.4) is 0 Å². The van der Waals surface area contributed by atoms with Gasteiger partial charge >= 0.3 is 5.97 Å². The zero-order valence-corrected chi connectivity index (χ0v) is 26.7. The molecule has 0 aliphatic rings. The Morgan fingerprint density at radius 2 is 1.22 bits per heavy atom. The third kappa shape index (κ3) is 8.79. The number of non-ortho nitro benzene ring substituents is 2. The molecule has 0 saturated carbocycles. The molecule has 4 N–H and O–H groups in total. The number of rotatable bonds is 9. The number of carbonyl (C=O) groups is 2. The van der Waals surface area contributed by atoms with Crippen LogP contribution >= 0.6 is 0 Å². The molecule has 0 radical (unpaired) electrons. The number of fused-ring (bicyclic) bond motifs is 2. The Balaban J connectivity index is 0.000000182. The van der Waals surface area contributed by atoms with Gasteiger partial charge in [-0.15, -0.1) is 0 Å². The van der Waals surface area contributed by atoms with E-state index < -0.39 is 21.7 Å². The number of anilines is 2. The number of carbonyl (C=O) groups excluding carboxylic acids is 1. The van der Waals surface area contributed by atoms with E-state index in [2.05, 4.69) is 26.8 Å². The maximum atomic E-state index is 12.4. The minimum atomic E-state index is -1.17. The first-order chi connectivity index (χ1) is 23.5. The second-order valence-corrected chi connectivity index (χ2v) is 10.6. The minimum Gasteiger partial charge on any atom is -0.478 e. The normalized spacial score (nSPS) is 10.4. The van der Waals surface area contributed by atoms with Crippen molar-refractivity contribution in [3.05, 3.63) is 128 Å². The fourth-order valence-corrected chi connectivity index (χ4v) is 4.86. The summed E-state index contributed by atoms with van der Waals surface area (Å²) >= 11 is 0. The van der Waals surface area contributed by atoms with E-state index in [1.54, 1.807) is 0 Å². The van der Waals surface area contributed by atoms with Gasteiger partial charge in [0.05, 0.1) is 37.5 Å². The molecule has 2 aromatic heterocycles. The Morgan fingerprint density at radius 3 is 1.78 bits per heavy atom. The molecular formula is C34H34N8O7. The number of nitrogens with two attached hydrogens (primary N) is 1. The quantitative estimate of drug-likeness (QED) is 0.107. The van der Waals surface area contributed by atoms with Crippen LogP contribution in [0.25, 0.3) is 22.1 Å². The van der Waals surface area contributed by atoms with Gasteiger partial charge in [0, 0.05) is 42.9 Å². The van der Waals surface area contributed by atoms with Crippen molar-refractivity contribution in [2.24, 2.45) is 0 Å². The molecule has 1 amide bonds. The molecule has 6 aromatic rings. The summed E-state index contributed by atoms with van der Waals surface area (Å²) in [6.45, 7) is 5.83. The molecule has 0 aliphatic heterocycles. The maximum absolute atomic E-state index is 12.4. The Morgan fingerprint density at radius 1 is 0.735 bits per heavy atom. The summed E-state index contributed by atoms with van der Waals surface area (Å²) in [7, 11) is 0. The van der Waals surface area contributed by atoms with E-state index in [9.17, 15) is 29.8 Å². The molecular weight excluding hydrogens is 632 g/mol. The maximum Gasteiger partial charge on any atom is 0.335 e. The van der Waals surface area contributed by atoms with Crippen molar-refractivity contribution >= 4 is 57.2 Å². The molecule has 0 atom stereocenters. The number of nitro benzene ring substituents is 2. The Bertz CT molecular complexity index is 2090. The first-order valence-electron chi connectivity index (χ1n) is 15.2. The Hall–Kier alpha value is -6.64. The standard InChI is InChI=1S/C17H16N4O3.C10H13N3.C7H5NO4/c1-2-10-20-15-9-4-3-8-14(15)18-17(20)19-16(22)12-6-5-7-13(11-12)21(23)24;1-2-7-13-9-6-4-3-5-8(9)12-10(13)11;9-7(10)5-2-1-3-6(4-5)8(11)12/h3-9,11H,2,10H2,1H3,(H,18,19,22);3-6H,2,7H2,1H3,(H2,11,12);1-4H,(H,9,10). The highest BCUT2D eigenvalue weighted by Crippen LogP contribution is 2.22. The molecule has 0 bridgehead atoms. The number of aromatic nitrogens is 4. The van der Waals surface area contributed by atoms with Gasteiger partial charge in [-0.3, -0.25) is 30.3 Å². The van der Waals surface area contributed by atoms with Gasteiger partial charge < -0.3 is 20.0 Å². The summed E-state index contributed by atoms with van der Waals surface area (Å²) in [5.41, 5.74) is 9.44. The molecule has 15 heteroatoms. The van der Waals surface area contributed by atoms with Crippen molar-refractivity contribution in [1.82, 2.24) is 19.1 Å². The predicted molar refractivity (Wildman–Crippen MR) is 186 cm³/mol. The monoisotopic (exact) mass is 666 g/mol. The van der Waals surface area contributed by atoms with Gasteiger partial charge in [0.15, 0.2) is 0 Å². The number of nitro groups is 2. The van der Waals surface area contributed by atoms with Gasteiger partial charge in [-0.1, -0.05) is 50.2 Å². The number of carboxylic acid groups (broad SMARTS) is 1. The number of hydrogen-bond donors (Lipinski definition) is 3. The van der Waals surface area contributed by atoms with Crippen LogP contribution in [0.4, 0.5) is 23.3 Å². The second-order valence-electron chi connectivity index (χ2n) is 10.6. The average Bonchev–Trinajstić information content (AvgIpc) is 3.61. The van der Waals surface area contributed by atoms with Gasteiger partial charge in [-0.05, 0) is 49.2 Å². The van der Waals surface area contributed by atoms with E-state index in [1.165, 1.54) is 42.5 Å². The highest BCUT2D eigenvalue weighted by atomic mass is 16.6. The van der Waals surface area contributed by atoms with Crippen LogP contribution in [0.1, 0.15) is 47.4 Å². The van der Waals surface area contributed by atoms with Crippen LogP contribution in [0.2, 0.25) is 0 Å². The molecule has 6 rings (SSSR count). The summed E-state index contributed by atoms with van der Waals surface area (Å²) in [5.74, 6) is -0.539. The van der Waals surface area contributed by atoms with Crippen molar-refractivity contribution in [1.29, 1.82) is 0 Å². The van der Waals surface area contributed by atoms with Gasteiger partial charge in [0.1, 0.15) is 0 Å². The van der Waals surface area contributed by atoms with Gasteiger partial charge in [-0.25, -0.2) is 14.8 Å². The highest BCUT2D eigenvalue weighted by molar-refractivity contribution is 6.04. The van der Waals surface area contributed by atoms with Gasteiger partial charge in [0.2, 0.25) is 11.9 Å². The largest absolute Gasteiger partial charge is 0.478 e. The topological polar surface area (TPSA) is 214 Å². The number of benzene rings is 4. The van der Waals surface area contributed by atoms with Crippen LogP contribution in [0.15, 0.2) is 97.1 Å². The zero-order chi connectivity index (χ0) is 35.5. The number of imidazole rings is 2. The van der Waals surface area contributed by atoms with Crippen molar-refractivity contribution < 1.29 is 24.5 Å². The lowest BCUT2D eigenvalue weighted by molar-refractivity contribution is -0.385. The number of aryl methyl sites for hydroxylation is 2. The van der Waals surface area contributed by atoms with Crippen molar-refractivity contribution in [3.63, 3.8) is 0 Å². The molecule has 0 spiro atoms. The van der Waals surface area contributed by atoms with Crippen LogP contribution in [-0.4, -0.2) is 45.9 Å². The van der Waals surface area contributed by atoms with E-state index >= 15 is 0 Å². The SMILES string of the molecule is CCCn1c(N)nc2ccccc21.CCCn1c(NC(=O)c2cccc([N+](=O)[O-])c2)nc2ccccc21.O=C(O)c1cccc([N+](=O)[O-])c1. The summed E-state index contributed by atoms with van der Waals surface area (Å²) in [6, 6.07) is 26.2. The number of nitrogens with one attached hydrogen (secondary N) is 1. The van der Waals surface area contributed by atoms with Crippen LogP contribution < -0.4 is 11.1 Å². The lowest BCUT2D eigenvalue weighted by Crippen LogP contribution is -2.16. The number of hydrogen-bond acceptors (Lipinski definition) is 9. The molecule has 0 aliphatic carbocycles. The van der Waals surface area contributed by atoms with Crippen molar-refractivity contribution in [2.45, 2.75) is 39.8 Å². The summed E-state index contributed by atoms with van der Waals surface area (Å²) in [6.07, 6.45) is 1.96. The number of nitrogens with zero attached hydrogens (tertiary/aromatic N) is 6. The van der Waals surface area contributed by atoms with Crippen molar-refractivity contribution in [2.75, 3.05) is 11.1 Å². The molecule has 4 aromatic carbocycles. The Labute approximate surface area is 279 Å². The first kappa shape index (κ1) is 35.2. The lowest BCUT2D eigenvalue weighted by Gasteiger charge is -2.09. The number of aromatic carboxylic acids is 1. The van der Waals surface area contributed by atoms with Crippen LogP contribution in [-0.2, 0) is 13.1 Å². The molecule has 252 valence electrons. The number of para-hydroxylation sites is 4. The number of amides is 1. The molecule has 49 heavy (non-hydrogen) atoms. The predicted octanol–water partition coefficient (Wildman–Crippen LogP) is 6.93. The van der Waals surface area contributed by atoms with Gasteiger partial charge in [0.25, 0.3) is 17.3 Å². The third-order valence-corrected chi connectivity index (χ3v) is 7.08. The van der Waals surface area contributed by atoms with Crippen LogP contribution in [0, 0.1) is 20.2 Å². The molecule has 0 fully saturated rings. The first-order valence-corrected chi connectivity index (χ1v) is 15.2. The lowest BCUT2D eigenvalue weighted by atomic mass is 10.2. The smallest absolute Gasteiger partial charge is 0.335 e. The number of nitrogen functional groups attached to an aromatic ring is 1.